The Morgan fingerprint density at radius 2 is 1.97 bits per heavy atom. The molecule has 33 heavy (non-hydrogen) atoms. The number of para-hydroxylation sites is 1. The predicted molar refractivity (Wildman–Crippen MR) is 128 cm³/mol. The van der Waals surface area contributed by atoms with Crippen molar-refractivity contribution in [3.8, 4) is 16.3 Å². The number of rotatable bonds is 8. The number of aliphatic hydroxyl groups is 3. The van der Waals surface area contributed by atoms with E-state index in [1.54, 1.807) is 7.11 Å². The first-order chi connectivity index (χ1) is 16.0. The highest BCUT2D eigenvalue weighted by Crippen LogP contribution is 2.40. The number of aromatic nitrogens is 3. The van der Waals surface area contributed by atoms with Crippen LogP contribution in [0.2, 0.25) is 0 Å². The lowest BCUT2D eigenvalue weighted by Crippen LogP contribution is -2.35. The monoisotopic (exact) mass is 471 g/mol. The highest BCUT2D eigenvalue weighted by molar-refractivity contribution is 7.21. The van der Waals surface area contributed by atoms with Crippen molar-refractivity contribution in [3.63, 3.8) is 0 Å². The van der Waals surface area contributed by atoms with Gasteiger partial charge >= 0.3 is 0 Å². The zero-order valence-corrected chi connectivity index (χ0v) is 19.5. The summed E-state index contributed by atoms with van der Waals surface area (Å²) in [6.45, 7) is 2.57. The van der Waals surface area contributed by atoms with E-state index in [0.29, 0.717) is 29.9 Å². The van der Waals surface area contributed by atoms with E-state index in [4.69, 9.17) is 14.7 Å². The number of aliphatic hydroxyl groups excluding tert-OH is 3. The van der Waals surface area contributed by atoms with E-state index in [-0.39, 0.29) is 12.5 Å². The number of ether oxygens (including phenoxy) is 1. The van der Waals surface area contributed by atoms with Gasteiger partial charge in [0, 0.05) is 19.1 Å². The molecule has 0 saturated heterocycles. The van der Waals surface area contributed by atoms with Gasteiger partial charge in [0.1, 0.15) is 28.2 Å². The van der Waals surface area contributed by atoms with Gasteiger partial charge in [-0.1, -0.05) is 6.07 Å². The van der Waals surface area contributed by atoms with Crippen LogP contribution in [0.1, 0.15) is 25.0 Å². The summed E-state index contributed by atoms with van der Waals surface area (Å²) < 4.78 is 6.47. The first-order valence-electron chi connectivity index (χ1n) is 11.3. The van der Waals surface area contributed by atoms with E-state index < -0.39 is 18.2 Å². The van der Waals surface area contributed by atoms with Crippen molar-refractivity contribution in [2.45, 2.75) is 44.4 Å². The zero-order valence-electron chi connectivity index (χ0n) is 18.7. The molecule has 0 unspecified atom stereocenters. The van der Waals surface area contributed by atoms with Crippen LogP contribution in [0, 0.1) is 18.8 Å². The lowest BCUT2D eigenvalue weighted by atomic mass is 10.1. The van der Waals surface area contributed by atoms with Crippen LogP contribution in [-0.4, -0.2) is 68.8 Å². The van der Waals surface area contributed by atoms with Gasteiger partial charge in [-0.25, -0.2) is 9.97 Å². The molecule has 0 radical (unpaired) electrons. The largest absolute Gasteiger partial charge is 0.494 e. The number of thiazole rings is 1. The quantitative estimate of drug-likeness (QED) is 0.336. The van der Waals surface area contributed by atoms with Gasteiger partial charge < -0.3 is 30.7 Å². The van der Waals surface area contributed by atoms with Gasteiger partial charge in [-0.05, 0) is 44.2 Å². The van der Waals surface area contributed by atoms with Crippen LogP contribution in [0.3, 0.4) is 0 Å². The lowest BCUT2D eigenvalue weighted by Gasteiger charge is -2.21. The Balaban J connectivity index is 1.55. The fraction of sp³-hybridized carbons (Fsp3) is 0.522. The summed E-state index contributed by atoms with van der Waals surface area (Å²) >= 11 is 1.52. The van der Waals surface area contributed by atoms with Gasteiger partial charge in [0.05, 0.1) is 35.2 Å². The third-order valence-electron chi connectivity index (χ3n) is 6.51. The van der Waals surface area contributed by atoms with E-state index in [0.717, 1.165) is 33.0 Å². The molecule has 3 aromatic rings. The molecule has 10 heteroatoms. The van der Waals surface area contributed by atoms with Crippen molar-refractivity contribution >= 4 is 33.3 Å². The number of nitrogens with zero attached hydrogens (tertiary/aromatic N) is 3. The second kappa shape index (κ2) is 9.02. The summed E-state index contributed by atoms with van der Waals surface area (Å²) in [6, 6.07) is 5.36. The molecular weight excluding hydrogens is 442 g/mol. The highest BCUT2D eigenvalue weighted by atomic mass is 32.1. The Kier molecular flexibility index (Phi) is 6.09. The number of nitrogens with one attached hydrogen (secondary N) is 2. The second-order valence-corrected chi connectivity index (χ2v) is 9.95. The first-order valence-corrected chi connectivity index (χ1v) is 12.1. The normalized spacial score (nSPS) is 24.9. The van der Waals surface area contributed by atoms with Crippen molar-refractivity contribution in [1.29, 1.82) is 0 Å². The summed E-state index contributed by atoms with van der Waals surface area (Å²) in [7, 11) is 1.62. The molecule has 5 rings (SSSR count). The maximum Gasteiger partial charge on any atom is 0.224 e. The SMILES string of the molecule is COc1cccc2sc(-c3c(C)nc(NCC4CC4)nc3N[C@@H]3C[C@H](CO)[C@@H](O)[C@H]3O)nc12. The summed E-state index contributed by atoms with van der Waals surface area (Å²) in [5.41, 5.74) is 2.29. The summed E-state index contributed by atoms with van der Waals surface area (Å²) in [5.74, 6) is 2.05. The fourth-order valence-corrected chi connectivity index (χ4v) is 5.47. The molecule has 2 aliphatic rings. The van der Waals surface area contributed by atoms with E-state index in [2.05, 4.69) is 15.6 Å². The Bertz CT molecular complexity index is 1150. The lowest BCUT2D eigenvalue weighted by molar-refractivity contribution is 0.00446. The van der Waals surface area contributed by atoms with E-state index in [1.165, 1.54) is 24.2 Å². The Morgan fingerprint density at radius 1 is 1.15 bits per heavy atom. The first kappa shape index (κ1) is 22.3. The maximum absolute atomic E-state index is 10.6. The van der Waals surface area contributed by atoms with Crippen LogP contribution >= 0.6 is 11.3 Å². The third-order valence-corrected chi connectivity index (χ3v) is 7.55. The minimum atomic E-state index is -1.01. The molecule has 0 spiro atoms. The number of methoxy groups -OCH3 is 1. The Hall–Kier alpha value is -2.53. The molecule has 2 saturated carbocycles. The third kappa shape index (κ3) is 4.35. The minimum Gasteiger partial charge on any atom is -0.494 e. The zero-order chi connectivity index (χ0) is 23.1. The van der Waals surface area contributed by atoms with Gasteiger partial charge in [0.2, 0.25) is 5.95 Å². The van der Waals surface area contributed by atoms with E-state index in [1.807, 2.05) is 25.1 Å². The van der Waals surface area contributed by atoms with Crippen molar-refractivity contribution in [2.24, 2.45) is 11.8 Å². The van der Waals surface area contributed by atoms with Gasteiger partial charge in [-0.15, -0.1) is 11.3 Å². The predicted octanol–water partition coefficient (Wildman–Crippen LogP) is 2.41. The standard InChI is InChI=1S/C23H29N5O4S/c1-11-17(22-27-18-15(32-2)4-3-5-16(18)33-22)21(28-23(25-11)24-9-12-6-7-12)26-14-8-13(10-29)19(30)20(14)31/h3-5,12-14,19-20,29-31H,6-10H2,1-2H3,(H2,24,25,26,28)/t13-,14-,19-,20+/m1/s1. The molecule has 4 atom stereocenters. The van der Waals surface area contributed by atoms with Crippen molar-refractivity contribution in [1.82, 2.24) is 15.0 Å². The van der Waals surface area contributed by atoms with E-state index in [9.17, 15) is 15.3 Å². The van der Waals surface area contributed by atoms with Crippen LogP contribution in [0.25, 0.3) is 20.8 Å². The number of anilines is 2. The van der Waals surface area contributed by atoms with Crippen LogP contribution in [0.15, 0.2) is 18.2 Å². The van der Waals surface area contributed by atoms with Crippen molar-refractivity contribution in [3.05, 3.63) is 23.9 Å². The molecule has 1 aromatic carbocycles. The average molecular weight is 472 g/mol. The van der Waals surface area contributed by atoms with Crippen LogP contribution in [-0.2, 0) is 0 Å². The number of benzene rings is 1. The molecule has 2 heterocycles. The Morgan fingerprint density at radius 3 is 2.67 bits per heavy atom. The van der Waals surface area contributed by atoms with Gasteiger partial charge in [0.15, 0.2) is 0 Å². The summed E-state index contributed by atoms with van der Waals surface area (Å²) in [6.07, 6.45) is 0.871. The molecular formula is C23H29N5O4S. The summed E-state index contributed by atoms with van der Waals surface area (Å²) in [5, 5.41) is 37.8. The number of aryl methyl sites for hydroxylation is 1. The Labute approximate surface area is 195 Å². The molecule has 176 valence electrons. The van der Waals surface area contributed by atoms with E-state index >= 15 is 0 Å². The molecule has 2 aromatic heterocycles. The minimum absolute atomic E-state index is 0.183. The van der Waals surface area contributed by atoms with Crippen molar-refractivity contribution in [2.75, 3.05) is 30.9 Å². The van der Waals surface area contributed by atoms with Crippen LogP contribution in [0.5, 0.6) is 5.75 Å². The smallest absolute Gasteiger partial charge is 0.224 e. The highest BCUT2D eigenvalue weighted by Gasteiger charge is 2.41. The molecule has 0 aliphatic heterocycles. The number of hydrogen-bond acceptors (Lipinski definition) is 10. The molecule has 0 amide bonds. The second-order valence-electron chi connectivity index (χ2n) is 8.92. The molecule has 5 N–H and O–H groups in total. The number of fused-ring (bicyclic) bond motifs is 1. The molecule has 9 nitrogen and oxygen atoms in total. The molecule has 0 bridgehead atoms. The van der Waals surface area contributed by atoms with Gasteiger partial charge in [0.25, 0.3) is 0 Å². The van der Waals surface area contributed by atoms with Crippen molar-refractivity contribution < 1.29 is 20.1 Å². The molecule has 2 aliphatic carbocycles. The van der Waals surface area contributed by atoms with Crippen LogP contribution < -0.4 is 15.4 Å². The fourth-order valence-electron chi connectivity index (χ4n) is 4.39. The summed E-state index contributed by atoms with van der Waals surface area (Å²) in [4.78, 5) is 14.3. The van der Waals surface area contributed by atoms with Gasteiger partial charge in [-0.3, -0.25) is 0 Å². The maximum atomic E-state index is 10.6. The molecule has 2 fully saturated rings. The van der Waals surface area contributed by atoms with Crippen LogP contribution in [0.4, 0.5) is 11.8 Å². The number of hydrogen-bond donors (Lipinski definition) is 5. The van der Waals surface area contributed by atoms with Gasteiger partial charge in [-0.2, -0.15) is 4.98 Å². The topological polar surface area (TPSA) is 133 Å². The average Bonchev–Trinajstić information content (AvgIpc) is 3.48.